The van der Waals surface area contributed by atoms with Crippen LogP contribution < -0.4 is 4.90 Å². The van der Waals surface area contributed by atoms with Crippen LogP contribution in [-0.4, -0.2) is 22.8 Å². The highest BCUT2D eigenvalue weighted by molar-refractivity contribution is 9.09. The maximum Gasteiger partial charge on any atom is 0.433 e. The molecule has 0 aliphatic rings. The fourth-order valence-electron chi connectivity index (χ4n) is 2.34. The number of aromatic nitrogens is 1. The lowest BCUT2D eigenvalue weighted by Crippen LogP contribution is -2.33. The van der Waals surface area contributed by atoms with E-state index >= 15 is 0 Å². The molecule has 134 valence electrons. The average Bonchev–Trinajstić information content (AvgIpc) is 2.57. The monoisotopic (exact) mass is 414 g/mol. The molecule has 0 radical (unpaired) electrons. The van der Waals surface area contributed by atoms with Crippen molar-refractivity contribution >= 4 is 27.5 Å². The number of pyridine rings is 1. The molecule has 0 saturated heterocycles. The predicted molar refractivity (Wildman–Crippen MR) is 95.0 cm³/mol. The third kappa shape index (κ3) is 5.04. The number of aryl methyl sites for hydroxylation is 2. The van der Waals surface area contributed by atoms with Gasteiger partial charge in [-0.05, 0) is 55.2 Å². The second-order valence-corrected chi connectivity index (χ2v) is 6.31. The molecule has 2 aromatic rings. The van der Waals surface area contributed by atoms with Crippen molar-refractivity contribution in [2.45, 2.75) is 26.4 Å². The van der Waals surface area contributed by atoms with Crippen LogP contribution in [-0.2, 0) is 17.4 Å². The van der Waals surface area contributed by atoms with E-state index in [4.69, 9.17) is 0 Å². The van der Waals surface area contributed by atoms with Gasteiger partial charge in [0, 0.05) is 18.4 Å². The summed E-state index contributed by atoms with van der Waals surface area (Å²) in [7, 11) is 0. The summed E-state index contributed by atoms with van der Waals surface area (Å²) in [5.74, 6) is -0.108. The summed E-state index contributed by atoms with van der Waals surface area (Å²) in [6.07, 6.45) is -2.83. The van der Waals surface area contributed by atoms with Crippen molar-refractivity contribution in [2.75, 3.05) is 16.8 Å². The Bertz CT molecular complexity index is 745. The van der Waals surface area contributed by atoms with E-state index in [1.165, 1.54) is 12.3 Å². The van der Waals surface area contributed by atoms with E-state index in [0.29, 0.717) is 18.5 Å². The van der Waals surface area contributed by atoms with Crippen molar-refractivity contribution in [3.8, 4) is 0 Å². The molecule has 1 heterocycles. The van der Waals surface area contributed by atoms with Crippen molar-refractivity contribution in [2.24, 2.45) is 0 Å². The predicted octanol–water partition coefficient (Wildman–Crippen LogP) is 4.69. The fourth-order valence-corrected chi connectivity index (χ4v) is 2.65. The van der Waals surface area contributed by atoms with E-state index in [9.17, 15) is 18.0 Å². The number of carbonyl (C=O) groups is 1. The SMILES string of the molecule is Cc1ccc(N(CCc2ccc(C(F)(F)F)nc2)C(=O)CBr)cc1C. The summed E-state index contributed by atoms with van der Waals surface area (Å²) in [5, 5.41) is 0.172. The van der Waals surface area contributed by atoms with E-state index in [-0.39, 0.29) is 11.2 Å². The number of carbonyl (C=O) groups excluding carboxylic acids is 1. The average molecular weight is 415 g/mol. The van der Waals surface area contributed by atoms with E-state index in [0.717, 1.165) is 22.9 Å². The van der Waals surface area contributed by atoms with Crippen LogP contribution in [0, 0.1) is 13.8 Å². The quantitative estimate of drug-likeness (QED) is 0.665. The minimum absolute atomic E-state index is 0.108. The summed E-state index contributed by atoms with van der Waals surface area (Å²) in [5.41, 5.74) is 2.69. The molecule has 0 N–H and O–H groups in total. The third-order valence-corrected chi connectivity index (χ3v) is 4.44. The number of halogens is 4. The van der Waals surface area contributed by atoms with Gasteiger partial charge in [0.2, 0.25) is 5.91 Å². The minimum Gasteiger partial charge on any atom is -0.311 e. The van der Waals surface area contributed by atoms with Gasteiger partial charge in [-0.15, -0.1) is 0 Å². The zero-order chi connectivity index (χ0) is 18.6. The summed E-state index contributed by atoms with van der Waals surface area (Å²) < 4.78 is 37.7. The van der Waals surface area contributed by atoms with Crippen LogP contribution in [0.5, 0.6) is 0 Å². The maximum atomic E-state index is 12.6. The number of nitrogens with zero attached hydrogens (tertiary/aromatic N) is 2. The van der Waals surface area contributed by atoms with Gasteiger partial charge in [0.1, 0.15) is 5.69 Å². The molecule has 1 amide bonds. The van der Waals surface area contributed by atoms with Crippen molar-refractivity contribution in [1.29, 1.82) is 0 Å². The first kappa shape index (κ1) is 19.4. The lowest BCUT2D eigenvalue weighted by atomic mass is 10.1. The van der Waals surface area contributed by atoms with Crippen LogP contribution in [0.3, 0.4) is 0 Å². The Balaban J connectivity index is 2.15. The number of rotatable bonds is 5. The minimum atomic E-state index is -4.45. The van der Waals surface area contributed by atoms with Crippen LogP contribution in [0.2, 0.25) is 0 Å². The van der Waals surface area contributed by atoms with Crippen LogP contribution in [0.25, 0.3) is 0 Å². The molecule has 0 atom stereocenters. The molecular weight excluding hydrogens is 397 g/mol. The van der Waals surface area contributed by atoms with E-state index in [1.807, 2.05) is 32.0 Å². The van der Waals surface area contributed by atoms with Gasteiger partial charge in [-0.2, -0.15) is 13.2 Å². The first-order valence-electron chi connectivity index (χ1n) is 7.68. The Hall–Kier alpha value is -1.89. The van der Waals surface area contributed by atoms with Crippen molar-refractivity contribution in [3.63, 3.8) is 0 Å². The molecular formula is C18H18BrF3N2O. The number of hydrogen-bond acceptors (Lipinski definition) is 2. The van der Waals surface area contributed by atoms with Crippen LogP contribution in [0.15, 0.2) is 36.5 Å². The van der Waals surface area contributed by atoms with E-state index in [2.05, 4.69) is 20.9 Å². The number of anilines is 1. The Morgan fingerprint density at radius 3 is 2.40 bits per heavy atom. The zero-order valence-corrected chi connectivity index (χ0v) is 15.5. The summed E-state index contributed by atoms with van der Waals surface area (Å²) in [6.45, 7) is 4.32. The number of amides is 1. The van der Waals surface area contributed by atoms with Crippen molar-refractivity contribution in [1.82, 2.24) is 4.98 Å². The normalized spacial score (nSPS) is 11.4. The fraction of sp³-hybridized carbons (Fsp3) is 0.333. The van der Waals surface area contributed by atoms with Crippen LogP contribution in [0.4, 0.5) is 18.9 Å². The molecule has 7 heteroatoms. The Kier molecular flexibility index (Phi) is 6.21. The summed E-state index contributed by atoms with van der Waals surface area (Å²) in [6, 6.07) is 8.10. The molecule has 0 bridgehead atoms. The Labute approximate surface area is 153 Å². The number of benzene rings is 1. The van der Waals surface area contributed by atoms with Gasteiger partial charge in [-0.1, -0.05) is 28.1 Å². The highest BCUT2D eigenvalue weighted by Crippen LogP contribution is 2.27. The van der Waals surface area contributed by atoms with Gasteiger partial charge in [0.25, 0.3) is 0 Å². The standard InChI is InChI=1S/C18H18BrF3N2O/c1-12-3-5-15(9-13(12)2)24(17(25)10-19)8-7-14-4-6-16(23-11-14)18(20,21)22/h3-6,9,11H,7-8,10H2,1-2H3. The number of hydrogen-bond donors (Lipinski definition) is 0. The molecule has 1 aromatic carbocycles. The second-order valence-electron chi connectivity index (χ2n) is 5.75. The van der Waals surface area contributed by atoms with E-state index in [1.54, 1.807) is 4.90 Å². The maximum absolute atomic E-state index is 12.6. The molecule has 0 saturated carbocycles. The molecule has 0 fully saturated rings. The first-order valence-corrected chi connectivity index (χ1v) is 8.80. The molecule has 3 nitrogen and oxygen atoms in total. The second kappa shape index (κ2) is 7.99. The molecule has 25 heavy (non-hydrogen) atoms. The highest BCUT2D eigenvalue weighted by atomic mass is 79.9. The van der Waals surface area contributed by atoms with Gasteiger partial charge in [-0.3, -0.25) is 9.78 Å². The third-order valence-electron chi connectivity index (χ3n) is 3.96. The molecule has 0 aliphatic heterocycles. The largest absolute Gasteiger partial charge is 0.433 e. The zero-order valence-electron chi connectivity index (χ0n) is 13.9. The molecule has 0 aliphatic carbocycles. The molecule has 0 unspecified atom stereocenters. The van der Waals surface area contributed by atoms with Gasteiger partial charge in [-0.25, -0.2) is 0 Å². The summed E-state index contributed by atoms with van der Waals surface area (Å²) in [4.78, 5) is 17.3. The highest BCUT2D eigenvalue weighted by Gasteiger charge is 2.32. The van der Waals surface area contributed by atoms with Crippen molar-refractivity contribution in [3.05, 3.63) is 58.9 Å². The first-order chi connectivity index (χ1) is 11.7. The van der Waals surface area contributed by atoms with Gasteiger partial charge >= 0.3 is 6.18 Å². The van der Waals surface area contributed by atoms with Gasteiger partial charge < -0.3 is 4.90 Å². The Morgan fingerprint density at radius 2 is 1.88 bits per heavy atom. The van der Waals surface area contributed by atoms with Crippen LogP contribution >= 0.6 is 15.9 Å². The molecule has 1 aromatic heterocycles. The number of alkyl halides is 4. The smallest absolute Gasteiger partial charge is 0.311 e. The van der Waals surface area contributed by atoms with Gasteiger partial charge in [0.15, 0.2) is 0 Å². The lowest BCUT2D eigenvalue weighted by Gasteiger charge is -2.23. The Morgan fingerprint density at radius 1 is 1.16 bits per heavy atom. The van der Waals surface area contributed by atoms with Gasteiger partial charge in [0.05, 0.1) is 5.33 Å². The summed E-state index contributed by atoms with van der Waals surface area (Å²) >= 11 is 3.17. The lowest BCUT2D eigenvalue weighted by molar-refractivity contribution is -0.141. The topological polar surface area (TPSA) is 33.2 Å². The van der Waals surface area contributed by atoms with Crippen LogP contribution in [0.1, 0.15) is 22.4 Å². The molecule has 2 rings (SSSR count). The van der Waals surface area contributed by atoms with E-state index < -0.39 is 11.9 Å². The molecule has 0 spiro atoms. The van der Waals surface area contributed by atoms with Crippen molar-refractivity contribution < 1.29 is 18.0 Å².